The fraction of sp³-hybridized carbons (Fsp3) is 0.238. The Hall–Kier alpha value is -2.30. The lowest BCUT2D eigenvalue weighted by molar-refractivity contribution is -0.117. The van der Waals surface area contributed by atoms with Crippen LogP contribution < -0.4 is 5.32 Å². The Bertz CT molecular complexity index is 845. The highest BCUT2D eigenvalue weighted by molar-refractivity contribution is 6.35. The van der Waals surface area contributed by atoms with E-state index in [4.69, 9.17) is 23.2 Å². The van der Waals surface area contributed by atoms with Crippen molar-refractivity contribution in [3.8, 4) is 0 Å². The summed E-state index contributed by atoms with van der Waals surface area (Å²) in [5.41, 5.74) is 1.39. The van der Waals surface area contributed by atoms with Gasteiger partial charge in [0.05, 0.1) is 10.6 Å². The monoisotopic (exact) mass is 402 g/mol. The zero-order chi connectivity index (χ0) is 19.2. The summed E-state index contributed by atoms with van der Waals surface area (Å²) in [5.74, 6) is -0.252. The van der Waals surface area contributed by atoms with Crippen molar-refractivity contribution in [2.24, 2.45) is 0 Å². The van der Waals surface area contributed by atoms with E-state index in [2.05, 4.69) is 5.32 Å². The maximum Gasteiger partial charge on any atom is 0.255 e. The van der Waals surface area contributed by atoms with E-state index in [-0.39, 0.29) is 17.9 Å². The van der Waals surface area contributed by atoms with E-state index in [1.165, 1.54) is 0 Å². The van der Waals surface area contributed by atoms with E-state index in [1.54, 1.807) is 35.3 Å². The van der Waals surface area contributed by atoms with Crippen LogP contribution in [-0.2, 0) is 4.79 Å². The first-order valence-electron chi connectivity index (χ1n) is 8.81. The van der Waals surface area contributed by atoms with Gasteiger partial charge in [0.15, 0.2) is 0 Å². The first kappa shape index (κ1) is 19.5. The van der Waals surface area contributed by atoms with E-state index in [0.29, 0.717) is 41.5 Å². The van der Waals surface area contributed by atoms with Crippen LogP contribution in [0.3, 0.4) is 0 Å². The number of piperidine rings is 1. The summed E-state index contributed by atoms with van der Waals surface area (Å²) in [4.78, 5) is 26.5. The summed E-state index contributed by atoms with van der Waals surface area (Å²) in [6.07, 6.45) is 4.73. The number of halogens is 2. The van der Waals surface area contributed by atoms with E-state index in [0.717, 1.165) is 5.56 Å². The molecule has 0 atom stereocenters. The van der Waals surface area contributed by atoms with Gasteiger partial charge in [0.25, 0.3) is 5.91 Å². The molecule has 0 radical (unpaired) electrons. The van der Waals surface area contributed by atoms with E-state index < -0.39 is 0 Å². The number of amides is 2. The molecule has 0 saturated carbocycles. The molecule has 0 aromatic heterocycles. The number of carbonyl (C=O) groups excluding carboxylic acids is 2. The van der Waals surface area contributed by atoms with Crippen molar-refractivity contribution in [3.05, 3.63) is 75.8 Å². The van der Waals surface area contributed by atoms with Crippen molar-refractivity contribution in [1.29, 1.82) is 0 Å². The Morgan fingerprint density at radius 2 is 1.74 bits per heavy atom. The maximum absolute atomic E-state index is 12.6. The van der Waals surface area contributed by atoms with Crippen molar-refractivity contribution in [1.82, 2.24) is 10.2 Å². The van der Waals surface area contributed by atoms with Crippen LogP contribution in [0.4, 0.5) is 0 Å². The minimum Gasteiger partial charge on any atom is -0.350 e. The average molecular weight is 403 g/mol. The quantitative estimate of drug-likeness (QED) is 0.768. The third kappa shape index (κ3) is 5.34. The zero-order valence-electron chi connectivity index (χ0n) is 14.7. The summed E-state index contributed by atoms with van der Waals surface area (Å²) < 4.78 is 0. The number of benzene rings is 2. The van der Waals surface area contributed by atoms with Crippen molar-refractivity contribution in [2.45, 2.75) is 18.9 Å². The van der Waals surface area contributed by atoms with Gasteiger partial charge in [-0.1, -0.05) is 53.5 Å². The molecule has 3 rings (SSSR count). The van der Waals surface area contributed by atoms with Crippen molar-refractivity contribution < 1.29 is 9.59 Å². The molecule has 1 aliphatic rings. The van der Waals surface area contributed by atoms with Crippen LogP contribution in [0.2, 0.25) is 10.0 Å². The third-order valence-corrected chi connectivity index (χ3v) is 5.08. The van der Waals surface area contributed by atoms with Crippen LogP contribution in [0.5, 0.6) is 0 Å². The van der Waals surface area contributed by atoms with Crippen LogP contribution >= 0.6 is 23.2 Å². The number of nitrogens with zero attached hydrogens (tertiary/aromatic N) is 1. The summed E-state index contributed by atoms with van der Waals surface area (Å²) in [5, 5.41) is 3.87. The summed E-state index contributed by atoms with van der Waals surface area (Å²) in [6.45, 7) is 1.13. The smallest absolute Gasteiger partial charge is 0.255 e. The zero-order valence-corrected chi connectivity index (χ0v) is 16.2. The molecule has 0 bridgehead atoms. The number of rotatable bonds is 4. The van der Waals surface area contributed by atoms with Crippen LogP contribution in [0, 0.1) is 0 Å². The Morgan fingerprint density at radius 1 is 1.04 bits per heavy atom. The molecule has 1 N–H and O–H groups in total. The van der Waals surface area contributed by atoms with Crippen molar-refractivity contribution in [3.63, 3.8) is 0 Å². The van der Waals surface area contributed by atoms with Gasteiger partial charge in [0.2, 0.25) is 5.91 Å². The molecule has 6 heteroatoms. The summed E-state index contributed by atoms with van der Waals surface area (Å²) in [7, 11) is 0. The lowest BCUT2D eigenvalue weighted by Crippen LogP contribution is -2.46. The number of nitrogens with one attached hydrogen (secondary N) is 1. The first-order valence-corrected chi connectivity index (χ1v) is 9.56. The molecule has 2 aromatic rings. The predicted octanol–water partition coefficient (Wildman–Crippen LogP) is 4.43. The number of likely N-dealkylation sites (tertiary alicyclic amines) is 1. The minimum atomic E-state index is -0.128. The van der Waals surface area contributed by atoms with E-state index in [1.807, 2.05) is 30.3 Å². The van der Waals surface area contributed by atoms with Gasteiger partial charge in [0, 0.05) is 30.2 Å². The van der Waals surface area contributed by atoms with Crippen LogP contribution in [-0.4, -0.2) is 35.8 Å². The van der Waals surface area contributed by atoms with Crippen LogP contribution in [0.15, 0.2) is 54.6 Å². The van der Waals surface area contributed by atoms with Gasteiger partial charge >= 0.3 is 0 Å². The highest BCUT2D eigenvalue weighted by Crippen LogP contribution is 2.23. The largest absolute Gasteiger partial charge is 0.350 e. The van der Waals surface area contributed by atoms with E-state index in [9.17, 15) is 9.59 Å². The second-order valence-corrected chi connectivity index (χ2v) is 7.29. The van der Waals surface area contributed by atoms with Gasteiger partial charge in [-0.25, -0.2) is 0 Å². The molecule has 140 valence electrons. The van der Waals surface area contributed by atoms with Gasteiger partial charge in [0.1, 0.15) is 0 Å². The Kier molecular flexibility index (Phi) is 6.54. The molecule has 1 heterocycles. The molecule has 2 amide bonds. The number of carbonyl (C=O) groups is 2. The second kappa shape index (κ2) is 9.07. The highest BCUT2D eigenvalue weighted by Gasteiger charge is 2.25. The van der Waals surface area contributed by atoms with Gasteiger partial charge in [-0.05, 0) is 42.7 Å². The molecule has 2 aromatic carbocycles. The van der Waals surface area contributed by atoms with Crippen molar-refractivity contribution in [2.75, 3.05) is 13.1 Å². The summed E-state index contributed by atoms with van der Waals surface area (Å²) >= 11 is 12.1. The average Bonchev–Trinajstić information content (AvgIpc) is 2.69. The van der Waals surface area contributed by atoms with E-state index >= 15 is 0 Å². The molecule has 0 unspecified atom stereocenters. The molecule has 27 heavy (non-hydrogen) atoms. The predicted molar refractivity (Wildman–Crippen MR) is 109 cm³/mol. The molecular formula is C21H20Cl2N2O2. The second-order valence-electron chi connectivity index (χ2n) is 6.44. The topological polar surface area (TPSA) is 49.4 Å². The molecule has 4 nitrogen and oxygen atoms in total. The summed E-state index contributed by atoms with van der Waals surface area (Å²) in [6, 6.07) is 14.6. The standard InChI is InChI=1S/C21H20Cl2N2O2/c22-16-7-8-19(23)18(14-16)21(27)25-12-10-17(11-13-25)24-20(26)9-6-15-4-2-1-3-5-15/h1-9,14,17H,10-13H2,(H,24,26)/b9-6+. The van der Waals surface area contributed by atoms with Gasteiger partial charge in [-0.2, -0.15) is 0 Å². The highest BCUT2D eigenvalue weighted by atomic mass is 35.5. The van der Waals surface area contributed by atoms with Crippen LogP contribution in [0.1, 0.15) is 28.8 Å². The molecule has 0 spiro atoms. The van der Waals surface area contributed by atoms with Gasteiger partial charge in [-0.3, -0.25) is 9.59 Å². The Labute approximate surface area is 168 Å². The Morgan fingerprint density at radius 3 is 2.44 bits per heavy atom. The molecule has 1 aliphatic heterocycles. The van der Waals surface area contributed by atoms with Crippen LogP contribution in [0.25, 0.3) is 6.08 Å². The molecule has 1 fully saturated rings. The fourth-order valence-corrected chi connectivity index (χ4v) is 3.41. The SMILES string of the molecule is O=C(/C=C/c1ccccc1)NC1CCN(C(=O)c2cc(Cl)ccc2Cl)CC1. The normalized spacial score (nSPS) is 15.1. The Balaban J connectivity index is 1.51. The molecule has 0 aliphatic carbocycles. The number of hydrogen-bond acceptors (Lipinski definition) is 2. The fourth-order valence-electron chi connectivity index (χ4n) is 3.04. The lowest BCUT2D eigenvalue weighted by Gasteiger charge is -2.32. The first-order chi connectivity index (χ1) is 13.0. The molecule has 1 saturated heterocycles. The van der Waals surface area contributed by atoms with Crippen molar-refractivity contribution >= 4 is 41.1 Å². The van der Waals surface area contributed by atoms with Gasteiger partial charge < -0.3 is 10.2 Å². The number of hydrogen-bond donors (Lipinski definition) is 1. The van der Waals surface area contributed by atoms with Gasteiger partial charge in [-0.15, -0.1) is 0 Å². The third-order valence-electron chi connectivity index (χ3n) is 4.51. The lowest BCUT2D eigenvalue weighted by atomic mass is 10.0. The molecular weight excluding hydrogens is 383 g/mol. The minimum absolute atomic E-state index is 0.0526. The maximum atomic E-state index is 12.6.